The molecule has 0 fully saturated rings. The minimum atomic E-state index is -1.56. The van der Waals surface area contributed by atoms with E-state index in [2.05, 4.69) is 21.2 Å². The van der Waals surface area contributed by atoms with Gasteiger partial charge in [0.1, 0.15) is 29.0 Å². The van der Waals surface area contributed by atoms with Gasteiger partial charge in [-0.15, -0.1) is 0 Å². The summed E-state index contributed by atoms with van der Waals surface area (Å²) in [5.41, 5.74) is 1.29. The summed E-state index contributed by atoms with van der Waals surface area (Å²) in [5, 5.41) is 13.5. The summed E-state index contributed by atoms with van der Waals surface area (Å²) in [4.78, 5) is 40.5. The number of nitrogens with one attached hydrogen (secondary N) is 1. The van der Waals surface area contributed by atoms with E-state index in [-0.39, 0.29) is 40.0 Å². The van der Waals surface area contributed by atoms with Crippen LogP contribution >= 0.6 is 15.9 Å². The van der Waals surface area contributed by atoms with Crippen LogP contribution in [-0.4, -0.2) is 28.2 Å². The zero-order valence-corrected chi connectivity index (χ0v) is 26.2. The highest BCUT2D eigenvalue weighted by Gasteiger charge is 2.32. The lowest BCUT2D eigenvalue weighted by Gasteiger charge is -2.26. The Labute approximate surface area is 265 Å². The summed E-state index contributed by atoms with van der Waals surface area (Å²) in [6.07, 6.45) is 2.17. The average Bonchev–Trinajstić information content (AvgIpc) is 3.47. The quantitative estimate of drug-likeness (QED) is 0.162. The second-order valence-electron chi connectivity index (χ2n) is 10.5. The maximum absolute atomic E-state index is 15.9. The SMILES string of the molecule is CCOC(=O)C[C@H](NC(=O)C(c1cc(Br)ccc1F)n1ccc2occc2c1=O)c1cc(-c2c(C)cccc2O)cc(C)c1F. The van der Waals surface area contributed by atoms with Gasteiger partial charge >= 0.3 is 5.97 Å². The van der Waals surface area contributed by atoms with Gasteiger partial charge in [-0.25, -0.2) is 8.78 Å². The minimum Gasteiger partial charge on any atom is -0.507 e. The van der Waals surface area contributed by atoms with Gasteiger partial charge in [-0.3, -0.25) is 19.0 Å². The van der Waals surface area contributed by atoms with Crippen molar-refractivity contribution in [3.8, 4) is 16.9 Å². The van der Waals surface area contributed by atoms with Crippen molar-refractivity contribution in [2.75, 3.05) is 6.61 Å². The number of carbonyl (C=O) groups excluding carboxylic acids is 2. The Bertz CT molecular complexity index is 1970. The van der Waals surface area contributed by atoms with Crippen LogP contribution in [0, 0.1) is 25.5 Å². The third-order valence-corrected chi connectivity index (χ3v) is 8.01. The maximum Gasteiger partial charge on any atom is 0.308 e. The second-order valence-corrected chi connectivity index (χ2v) is 11.4. The largest absolute Gasteiger partial charge is 0.507 e. The molecule has 1 unspecified atom stereocenters. The van der Waals surface area contributed by atoms with Gasteiger partial charge in [-0.2, -0.15) is 0 Å². The predicted octanol–water partition coefficient (Wildman–Crippen LogP) is 7.02. The van der Waals surface area contributed by atoms with Gasteiger partial charge in [0, 0.05) is 27.4 Å². The number of aromatic nitrogens is 1. The van der Waals surface area contributed by atoms with E-state index in [4.69, 9.17) is 9.15 Å². The molecule has 0 aliphatic heterocycles. The number of aromatic hydroxyl groups is 1. The number of esters is 1. The lowest BCUT2D eigenvalue weighted by Crippen LogP contribution is -2.40. The molecular weight excluding hydrogens is 650 g/mol. The van der Waals surface area contributed by atoms with Gasteiger partial charge in [0.15, 0.2) is 0 Å². The molecule has 0 saturated heterocycles. The molecule has 0 spiro atoms. The van der Waals surface area contributed by atoms with E-state index in [1.54, 1.807) is 32.0 Å². The van der Waals surface area contributed by atoms with Gasteiger partial charge in [0.25, 0.3) is 5.56 Å². The Morgan fingerprint density at radius 3 is 2.56 bits per heavy atom. The molecule has 0 aliphatic rings. The highest BCUT2D eigenvalue weighted by atomic mass is 79.9. The molecule has 8 nitrogen and oxygen atoms in total. The Hall–Kier alpha value is -4.77. The van der Waals surface area contributed by atoms with Crippen LogP contribution in [0.25, 0.3) is 22.1 Å². The molecule has 1 amide bonds. The molecule has 5 rings (SSSR count). The standard InChI is InChI=1S/C34H29BrF2N2O6/c1-4-44-29(41)17-26(24-15-20(14-19(3)31(24)37)30-18(2)6-5-7-27(30)40)38-33(42)32(23-16-21(35)8-9-25(23)36)39-12-10-28-22(34(39)43)11-13-45-28/h5-16,26,32,40H,4,17H2,1-3H3,(H,38,42)/t26-,32?/m0/s1. The van der Waals surface area contributed by atoms with Gasteiger partial charge in [-0.1, -0.05) is 28.1 Å². The average molecular weight is 680 g/mol. The Morgan fingerprint density at radius 1 is 1.04 bits per heavy atom. The van der Waals surface area contributed by atoms with Gasteiger partial charge in [0.2, 0.25) is 5.91 Å². The smallest absolute Gasteiger partial charge is 0.308 e. The number of benzene rings is 3. The molecule has 2 N–H and O–H groups in total. The number of fused-ring (bicyclic) bond motifs is 1. The fourth-order valence-electron chi connectivity index (χ4n) is 5.42. The van der Waals surface area contributed by atoms with Gasteiger partial charge in [0.05, 0.1) is 30.7 Å². The van der Waals surface area contributed by atoms with Crippen LogP contribution < -0.4 is 10.9 Å². The third-order valence-electron chi connectivity index (χ3n) is 7.52. The molecule has 5 aromatic rings. The minimum absolute atomic E-state index is 0.0304. The first-order valence-electron chi connectivity index (χ1n) is 14.1. The van der Waals surface area contributed by atoms with Crippen LogP contribution in [0.4, 0.5) is 8.78 Å². The van der Waals surface area contributed by atoms with Gasteiger partial charge in [-0.05, 0) is 86.0 Å². The zero-order valence-electron chi connectivity index (χ0n) is 24.6. The summed E-state index contributed by atoms with van der Waals surface area (Å²) in [6.45, 7) is 4.98. The van der Waals surface area contributed by atoms with Crippen LogP contribution in [0.3, 0.4) is 0 Å². The first-order chi connectivity index (χ1) is 21.5. The topological polar surface area (TPSA) is 111 Å². The fourth-order valence-corrected chi connectivity index (χ4v) is 5.80. The van der Waals surface area contributed by atoms with Crippen molar-refractivity contribution in [2.45, 2.75) is 39.3 Å². The first-order valence-corrected chi connectivity index (χ1v) is 14.9. The van der Waals surface area contributed by atoms with Crippen molar-refractivity contribution in [3.05, 3.63) is 122 Å². The molecule has 2 atom stereocenters. The maximum atomic E-state index is 15.9. The normalized spacial score (nSPS) is 12.6. The Balaban J connectivity index is 1.66. The van der Waals surface area contributed by atoms with Crippen molar-refractivity contribution in [2.24, 2.45) is 0 Å². The monoisotopic (exact) mass is 678 g/mol. The van der Waals surface area contributed by atoms with Crippen molar-refractivity contribution in [3.63, 3.8) is 0 Å². The van der Waals surface area contributed by atoms with Crippen LogP contribution in [0.5, 0.6) is 5.75 Å². The summed E-state index contributed by atoms with van der Waals surface area (Å²) in [7, 11) is 0. The lowest BCUT2D eigenvalue weighted by atomic mass is 9.92. The molecule has 2 aromatic heterocycles. The van der Waals surface area contributed by atoms with Crippen molar-refractivity contribution < 1.29 is 32.6 Å². The van der Waals surface area contributed by atoms with Crippen LogP contribution in [0.2, 0.25) is 0 Å². The summed E-state index contributed by atoms with van der Waals surface area (Å²) < 4.78 is 43.2. The van der Waals surface area contributed by atoms with Crippen LogP contribution in [-0.2, 0) is 14.3 Å². The second kappa shape index (κ2) is 13.1. The van der Waals surface area contributed by atoms with Crippen molar-refractivity contribution in [1.82, 2.24) is 9.88 Å². The lowest BCUT2D eigenvalue weighted by molar-refractivity contribution is -0.143. The first kappa shape index (κ1) is 31.6. The third kappa shape index (κ3) is 6.39. The van der Waals surface area contributed by atoms with Crippen LogP contribution in [0.1, 0.15) is 47.7 Å². The number of phenols is 1. The van der Waals surface area contributed by atoms with E-state index in [9.17, 15) is 19.5 Å². The Morgan fingerprint density at radius 2 is 1.82 bits per heavy atom. The van der Waals surface area contributed by atoms with E-state index >= 15 is 8.78 Å². The molecule has 0 bridgehead atoms. The molecule has 0 saturated carbocycles. The molecule has 2 heterocycles. The number of halogens is 3. The number of carbonyl (C=O) groups is 2. The number of nitrogens with zero attached hydrogens (tertiary/aromatic N) is 1. The number of furan rings is 1. The van der Waals surface area contributed by atoms with Crippen molar-refractivity contribution in [1.29, 1.82) is 0 Å². The number of hydrogen-bond donors (Lipinski definition) is 2. The van der Waals surface area contributed by atoms with E-state index in [0.717, 1.165) is 16.2 Å². The molecule has 232 valence electrons. The number of amides is 1. The molecule has 0 radical (unpaired) electrons. The molecule has 3 aromatic carbocycles. The molecule has 45 heavy (non-hydrogen) atoms. The highest BCUT2D eigenvalue weighted by Crippen LogP contribution is 2.37. The predicted molar refractivity (Wildman–Crippen MR) is 168 cm³/mol. The van der Waals surface area contributed by atoms with E-state index in [1.165, 1.54) is 55.8 Å². The van der Waals surface area contributed by atoms with Gasteiger partial charge < -0.3 is 19.6 Å². The highest BCUT2D eigenvalue weighted by molar-refractivity contribution is 9.10. The number of hydrogen-bond acceptors (Lipinski definition) is 6. The van der Waals surface area contributed by atoms with E-state index < -0.39 is 47.6 Å². The Kier molecular flexibility index (Phi) is 9.19. The zero-order chi connectivity index (χ0) is 32.4. The fraction of sp³-hybridized carbons (Fsp3) is 0.206. The summed E-state index contributed by atoms with van der Waals surface area (Å²) >= 11 is 3.30. The van der Waals surface area contributed by atoms with E-state index in [0.29, 0.717) is 15.6 Å². The number of phenolic OH excluding ortho intramolecular Hbond substituents is 1. The summed E-state index contributed by atoms with van der Waals surface area (Å²) in [5.74, 6) is -3.09. The number of ether oxygens (including phenoxy) is 1. The summed E-state index contributed by atoms with van der Waals surface area (Å²) in [6, 6.07) is 12.0. The number of pyridine rings is 1. The molecule has 11 heteroatoms. The van der Waals surface area contributed by atoms with Crippen LogP contribution in [0.15, 0.2) is 86.8 Å². The molecule has 0 aliphatic carbocycles. The van der Waals surface area contributed by atoms with Crippen molar-refractivity contribution >= 4 is 38.8 Å². The molecular formula is C34H29BrF2N2O6. The van der Waals surface area contributed by atoms with E-state index in [1.807, 2.05) is 0 Å². The number of rotatable bonds is 9. The number of aryl methyl sites for hydroxylation is 2.